The van der Waals surface area contributed by atoms with E-state index < -0.39 is 0 Å². The van der Waals surface area contributed by atoms with Gasteiger partial charge in [-0.05, 0) is 31.1 Å². The summed E-state index contributed by atoms with van der Waals surface area (Å²) in [6, 6.07) is 1.99. The first-order valence-corrected chi connectivity index (χ1v) is 4.55. The van der Waals surface area contributed by atoms with Crippen molar-refractivity contribution in [3.8, 4) is 0 Å². The van der Waals surface area contributed by atoms with Gasteiger partial charge in [0.15, 0.2) is 0 Å². The van der Waals surface area contributed by atoms with Gasteiger partial charge in [0.1, 0.15) is 0 Å². The van der Waals surface area contributed by atoms with E-state index in [0.29, 0.717) is 0 Å². The van der Waals surface area contributed by atoms with Gasteiger partial charge in [0.05, 0.1) is 5.02 Å². The molecule has 2 heterocycles. The van der Waals surface area contributed by atoms with E-state index in [9.17, 15) is 0 Å². The van der Waals surface area contributed by atoms with Crippen molar-refractivity contribution in [3.05, 3.63) is 29.0 Å². The van der Waals surface area contributed by atoms with Crippen molar-refractivity contribution < 1.29 is 0 Å². The van der Waals surface area contributed by atoms with Crippen molar-refractivity contribution >= 4 is 11.6 Å². The van der Waals surface area contributed by atoms with Crippen LogP contribution in [0.1, 0.15) is 12.0 Å². The van der Waals surface area contributed by atoms with Crippen LogP contribution in [0.15, 0.2) is 18.5 Å². The van der Waals surface area contributed by atoms with E-state index in [-0.39, 0.29) is 0 Å². The minimum Gasteiger partial charge on any atom is -0.299 e. The van der Waals surface area contributed by atoms with E-state index in [0.717, 1.165) is 11.6 Å². The molecule has 1 saturated heterocycles. The third kappa shape index (κ3) is 1.59. The van der Waals surface area contributed by atoms with Gasteiger partial charge in [0.25, 0.3) is 0 Å². The van der Waals surface area contributed by atoms with Gasteiger partial charge in [-0.3, -0.25) is 9.88 Å². The summed E-state index contributed by atoms with van der Waals surface area (Å²) in [5, 5.41) is 0.782. The number of rotatable bonds is 2. The normalized spacial score (nSPS) is 17.4. The quantitative estimate of drug-likeness (QED) is 0.695. The molecule has 0 N–H and O–H groups in total. The lowest BCUT2D eigenvalue weighted by Crippen LogP contribution is -2.36. The number of hydrogen-bond donors (Lipinski definition) is 0. The third-order valence-corrected chi connectivity index (χ3v) is 2.54. The highest BCUT2D eigenvalue weighted by Gasteiger charge is 2.14. The van der Waals surface area contributed by atoms with Crippen LogP contribution in [0, 0.1) is 0 Å². The van der Waals surface area contributed by atoms with Crippen molar-refractivity contribution in [2.24, 2.45) is 0 Å². The number of hydrogen-bond acceptors (Lipinski definition) is 2. The first-order valence-electron chi connectivity index (χ1n) is 4.17. The summed E-state index contributed by atoms with van der Waals surface area (Å²) in [5.74, 6) is 0. The Morgan fingerprint density at radius 3 is 2.92 bits per heavy atom. The molecular weight excluding hydrogens is 172 g/mol. The molecule has 0 amide bonds. The molecule has 0 radical (unpaired) electrons. The van der Waals surface area contributed by atoms with Gasteiger partial charge in [0.2, 0.25) is 0 Å². The van der Waals surface area contributed by atoms with Crippen molar-refractivity contribution in [3.63, 3.8) is 0 Å². The summed E-state index contributed by atoms with van der Waals surface area (Å²) in [6.45, 7) is 3.39. The molecule has 0 spiro atoms. The van der Waals surface area contributed by atoms with Crippen LogP contribution in [0.5, 0.6) is 0 Å². The number of pyridine rings is 1. The molecule has 0 bridgehead atoms. The van der Waals surface area contributed by atoms with E-state index in [2.05, 4.69) is 9.88 Å². The number of nitrogens with zero attached hydrogens (tertiary/aromatic N) is 2. The van der Waals surface area contributed by atoms with Crippen LogP contribution in [-0.4, -0.2) is 23.0 Å². The SMILES string of the molecule is Clc1cnccc1CN1CCC1. The minimum atomic E-state index is 0.782. The fourth-order valence-corrected chi connectivity index (χ4v) is 1.49. The van der Waals surface area contributed by atoms with Crippen LogP contribution in [0.25, 0.3) is 0 Å². The number of likely N-dealkylation sites (tertiary alicyclic amines) is 1. The minimum absolute atomic E-state index is 0.782. The highest BCUT2D eigenvalue weighted by atomic mass is 35.5. The zero-order valence-corrected chi connectivity index (χ0v) is 7.59. The summed E-state index contributed by atoms with van der Waals surface area (Å²) < 4.78 is 0. The zero-order valence-electron chi connectivity index (χ0n) is 6.83. The molecule has 2 rings (SSSR count). The van der Waals surface area contributed by atoms with Gasteiger partial charge < -0.3 is 0 Å². The van der Waals surface area contributed by atoms with Crippen molar-refractivity contribution in [1.29, 1.82) is 0 Å². The van der Waals surface area contributed by atoms with Gasteiger partial charge >= 0.3 is 0 Å². The first-order chi connectivity index (χ1) is 5.86. The predicted molar refractivity (Wildman–Crippen MR) is 49.1 cm³/mol. The molecule has 3 heteroatoms. The molecule has 64 valence electrons. The van der Waals surface area contributed by atoms with Gasteiger partial charge in [0, 0.05) is 18.9 Å². The molecule has 1 fully saturated rings. The predicted octanol–water partition coefficient (Wildman–Crippen LogP) is 1.94. The monoisotopic (exact) mass is 182 g/mol. The maximum absolute atomic E-state index is 5.96. The van der Waals surface area contributed by atoms with Crippen molar-refractivity contribution in [1.82, 2.24) is 9.88 Å². The lowest BCUT2D eigenvalue weighted by atomic mass is 10.2. The molecule has 0 saturated carbocycles. The molecule has 0 aromatic carbocycles. The smallest absolute Gasteiger partial charge is 0.0634 e. The number of halogens is 1. The van der Waals surface area contributed by atoms with Crippen molar-refractivity contribution in [2.45, 2.75) is 13.0 Å². The maximum Gasteiger partial charge on any atom is 0.0634 e. The Labute approximate surface area is 77.2 Å². The highest BCUT2D eigenvalue weighted by Crippen LogP contribution is 2.18. The Balaban J connectivity index is 2.06. The van der Waals surface area contributed by atoms with Crippen LogP contribution in [0.2, 0.25) is 5.02 Å². The summed E-state index contributed by atoms with van der Waals surface area (Å²) >= 11 is 5.96. The largest absolute Gasteiger partial charge is 0.299 e. The van der Waals surface area contributed by atoms with Crippen LogP contribution in [-0.2, 0) is 6.54 Å². The molecule has 12 heavy (non-hydrogen) atoms. The summed E-state index contributed by atoms with van der Waals surface area (Å²) in [4.78, 5) is 6.32. The molecule has 1 aromatic rings. The molecular formula is C9H11ClN2. The molecule has 1 aromatic heterocycles. The average molecular weight is 183 g/mol. The van der Waals surface area contributed by atoms with Crippen molar-refractivity contribution in [2.75, 3.05) is 13.1 Å². The topological polar surface area (TPSA) is 16.1 Å². The van der Waals surface area contributed by atoms with Crippen LogP contribution < -0.4 is 0 Å². The zero-order chi connectivity index (χ0) is 8.39. The third-order valence-electron chi connectivity index (χ3n) is 2.20. The molecule has 1 aliphatic heterocycles. The fraction of sp³-hybridized carbons (Fsp3) is 0.444. The fourth-order valence-electron chi connectivity index (χ4n) is 1.31. The Hall–Kier alpha value is -0.600. The molecule has 0 unspecified atom stereocenters. The van der Waals surface area contributed by atoms with Crippen LogP contribution >= 0.6 is 11.6 Å². The second kappa shape index (κ2) is 3.42. The Kier molecular flexibility index (Phi) is 2.28. The van der Waals surface area contributed by atoms with Crippen LogP contribution in [0.4, 0.5) is 0 Å². The van der Waals surface area contributed by atoms with Gasteiger partial charge in [-0.2, -0.15) is 0 Å². The van der Waals surface area contributed by atoms with E-state index >= 15 is 0 Å². The summed E-state index contributed by atoms with van der Waals surface area (Å²) in [6.07, 6.45) is 4.82. The Morgan fingerprint density at radius 1 is 1.50 bits per heavy atom. The lowest BCUT2D eigenvalue weighted by molar-refractivity contribution is 0.172. The van der Waals surface area contributed by atoms with E-state index in [1.807, 2.05) is 6.07 Å². The van der Waals surface area contributed by atoms with Crippen LogP contribution in [0.3, 0.4) is 0 Å². The Morgan fingerprint density at radius 2 is 2.33 bits per heavy atom. The summed E-state index contributed by atoms with van der Waals surface area (Å²) in [5.41, 5.74) is 1.19. The molecule has 0 atom stereocenters. The van der Waals surface area contributed by atoms with E-state index in [4.69, 9.17) is 11.6 Å². The van der Waals surface area contributed by atoms with E-state index in [1.165, 1.54) is 25.1 Å². The van der Waals surface area contributed by atoms with Gasteiger partial charge in [-0.25, -0.2) is 0 Å². The second-order valence-corrected chi connectivity index (χ2v) is 3.50. The highest BCUT2D eigenvalue weighted by molar-refractivity contribution is 6.31. The molecule has 0 aliphatic carbocycles. The second-order valence-electron chi connectivity index (χ2n) is 3.10. The first kappa shape index (κ1) is 8.02. The molecule has 2 nitrogen and oxygen atoms in total. The lowest BCUT2D eigenvalue weighted by Gasteiger charge is -2.30. The maximum atomic E-state index is 5.96. The molecule has 1 aliphatic rings. The standard InChI is InChI=1S/C9H11ClN2/c10-9-6-11-3-2-8(9)7-12-4-1-5-12/h2-3,6H,1,4-5,7H2. The Bertz CT molecular complexity index is 271. The summed E-state index contributed by atoms with van der Waals surface area (Å²) in [7, 11) is 0. The average Bonchev–Trinajstić information content (AvgIpc) is 2.00. The van der Waals surface area contributed by atoms with Gasteiger partial charge in [-0.15, -0.1) is 0 Å². The van der Waals surface area contributed by atoms with E-state index in [1.54, 1.807) is 12.4 Å². The van der Waals surface area contributed by atoms with Gasteiger partial charge in [-0.1, -0.05) is 11.6 Å². The number of aromatic nitrogens is 1.